The Morgan fingerprint density at radius 1 is 1.24 bits per heavy atom. The molecule has 178 valence electrons. The first-order valence-corrected chi connectivity index (χ1v) is 11.6. The molecule has 0 radical (unpaired) electrons. The second kappa shape index (κ2) is 11.1. The van der Waals surface area contributed by atoms with Crippen molar-refractivity contribution >= 4 is 35.0 Å². The van der Waals surface area contributed by atoms with E-state index >= 15 is 0 Å². The van der Waals surface area contributed by atoms with Gasteiger partial charge < -0.3 is 14.6 Å². The topological polar surface area (TPSA) is 93.1 Å². The van der Waals surface area contributed by atoms with E-state index in [0.717, 1.165) is 22.9 Å². The maximum atomic E-state index is 12.8. The third-order valence-electron chi connectivity index (χ3n) is 5.48. The fraction of sp³-hybridized carbons (Fsp3) is 0.269. The zero-order valence-corrected chi connectivity index (χ0v) is 20.2. The van der Waals surface area contributed by atoms with Crippen molar-refractivity contribution in [3.8, 4) is 11.5 Å². The van der Waals surface area contributed by atoms with Gasteiger partial charge in [-0.3, -0.25) is 14.5 Å². The van der Waals surface area contributed by atoms with Gasteiger partial charge in [0.15, 0.2) is 11.5 Å². The fourth-order valence-electron chi connectivity index (χ4n) is 3.48. The summed E-state index contributed by atoms with van der Waals surface area (Å²) in [6.45, 7) is 7.82. The van der Waals surface area contributed by atoms with Crippen LogP contribution in [-0.2, 0) is 17.8 Å². The summed E-state index contributed by atoms with van der Waals surface area (Å²) in [5.41, 5.74) is 2.53. The summed E-state index contributed by atoms with van der Waals surface area (Å²) < 4.78 is 11.6. The minimum absolute atomic E-state index is 0.162. The lowest BCUT2D eigenvalue weighted by Crippen LogP contribution is -2.36. The number of amides is 2. The van der Waals surface area contributed by atoms with Crippen molar-refractivity contribution in [2.75, 3.05) is 7.11 Å². The van der Waals surface area contributed by atoms with Gasteiger partial charge in [0.1, 0.15) is 6.61 Å². The summed E-state index contributed by atoms with van der Waals surface area (Å²) >= 11 is 0.932. The highest BCUT2D eigenvalue weighted by Gasteiger charge is 2.37. The van der Waals surface area contributed by atoms with Crippen molar-refractivity contribution in [3.63, 3.8) is 0 Å². The molecule has 0 saturated carbocycles. The molecule has 2 amide bonds. The maximum absolute atomic E-state index is 12.8. The van der Waals surface area contributed by atoms with Gasteiger partial charge in [0, 0.05) is 11.6 Å². The molecule has 2 aromatic rings. The van der Waals surface area contributed by atoms with E-state index in [1.165, 1.54) is 24.1 Å². The van der Waals surface area contributed by atoms with Crippen molar-refractivity contribution in [3.05, 3.63) is 76.2 Å². The number of carboxylic acid groups (broad SMARTS) is 1. The molecule has 0 aliphatic carbocycles. The molecule has 2 aromatic carbocycles. The molecular formula is C26H27NO6S. The Bertz CT molecular complexity index is 1140. The Morgan fingerprint density at radius 2 is 1.94 bits per heavy atom. The molecule has 7 nitrogen and oxygen atoms in total. The van der Waals surface area contributed by atoms with Crippen molar-refractivity contribution in [2.24, 2.45) is 0 Å². The first kappa shape index (κ1) is 25.1. The number of methoxy groups -OCH3 is 1. The summed E-state index contributed by atoms with van der Waals surface area (Å²) in [5, 5.41) is 8.79. The predicted molar refractivity (Wildman–Crippen MR) is 132 cm³/mol. The van der Waals surface area contributed by atoms with Gasteiger partial charge >= 0.3 is 5.97 Å². The molecule has 1 heterocycles. The van der Waals surface area contributed by atoms with E-state index in [0.29, 0.717) is 34.8 Å². The zero-order chi connectivity index (χ0) is 24.8. The number of hydrogen-bond donors (Lipinski definition) is 1. The van der Waals surface area contributed by atoms with Crippen LogP contribution >= 0.6 is 11.8 Å². The number of carboxylic acids is 1. The molecule has 0 spiro atoms. The van der Waals surface area contributed by atoms with Crippen LogP contribution in [0.1, 0.15) is 47.3 Å². The van der Waals surface area contributed by atoms with Crippen molar-refractivity contribution in [1.29, 1.82) is 0 Å². The fourth-order valence-corrected chi connectivity index (χ4v) is 4.41. The number of hydrogen-bond acceptors (Lipinski definition) is 6. The number of imide groups is 1. The number of allylic oxidation sites excluding steroid dienone is 1. The lowest BCUT2D eigenvalue weighted by Gasteiger charge is -2.19. The minimum Gasteiger partial charge on any atom is -0.493 e. The van der Waals surface area contributed by atoms with E-state index in [1.54, 1.807) is 30.4 Å². The molecule has 1 saturated heterocycles. The average molecular weight is 482 g/mol. The van der Waals surface area contributed by atoms with Crippen LogP contribution in [0.25, 0.3) is 6.08 Å². The van der Waals surface area contributed by atoms with E-state index in [2.05, 4.69) is 6.58 Å². The number of ether oxygens (including phenoxy) is 2. The number of rotatable bonds is 10. The molecule has 34 heavy (non-hydrogen) atoms. The number of carbonyl (C=O) groups is 3. The van der Waals surface area contributed by atoms with Gasteiger partial charge in [0.25, 0.3) is 11.1 Å². The normalized spacial score (nSPS) is 15.5. The summed E-state index contributed by atoms with van der Waals surface area (Å²) in [5.74, 6) is -0.262. The maximum Gasteiger partial charge on any atom is 0.335 e. The predicted octanol–water partition coefficient (Wildman–Crippen LogP) is 5.54. The van der Waals surface area contributed by atoms with Crippen LogP contribution in [0.15, 0.2) is 54.0 Å². The molecule has 0 bridgehead atoms. The number of benzene rings is 2. The molecule has 8 heteroatoms. The van der Waals surface area contributed by atoms with E-state index in [-0.39, 0.29) is 29.4 Å². The largest absolute Gasteiger partial charge is 0.493 e. The van der Waals surface area contributed by atoms with Gasteiger partial charge in [-0.05, 0) is 73.0 Å². The second-order valence-corrected chi connectivity index (χ2v) is 8.80. The molecule has 1 aliphatic heterocycles. The van der Waals surface area contributed by atoms with E-state index in [9.17, 15) is 14.4 Å². The first-order valence-electron chi connectivity index (χ1n) is 10.8. The number of aromatic carboxylic acids is 1. The number of thioether (sulfide) groups is 1. The molecule has 3 rings (SSSR count). The Labute approximate surface area is 203 Å². The Hall–Kier alpha value is -3.52. The first-order chi connectivity index (χ1) is 16.3. The average Bonchev–Trinajstić information content (AvgIpc) is 3.10. The highest BCUT2D eigenvalue weighted by molar-refractivity contribution is 8.18. The minimum atomic E-state index is -0.986. The number of carbonyl (C=O) groups excluding carboxylic acids is 2. The lowest BCUT2D eigenvalue weighted by molar-refractivity contribution is -0.124. The highest BCUT2D eigenvalue weighted by Crippen LogP contribution is 2.38. The van der Waals surface area contributed by atoms with Crippen LogP contribution in [0.3, 0.4) is 0 Å². The molecule has 1 N–H and O–H groups in total. The van der Waals surface area contributed by atoms with Crippen LogP contribution in [0.4, 0.5) is 4.79 Å². The summed E-state index contributed by atoms with van der Waals surface area (Å²) in [4.78, 5) is 37.8. The SMILES string of the molecule is C=CCc1cc(/C=C2/SC(=O)N([C@H](C)CC)C2=O)cc(OC)c1OCc1ccc(C(=O)O)cc1. The Balaban J connectivity index is 1.89. The smallest absolute Gasteiger partial charge is 0.335 e. The quantitative estimate of drug-likeness (QED) is 0.352. The molecule has 0 unspecified atom stereocenters. The van der Waals surface area contributed by atoms with Gasteiger partial charge in [0.05, 0.1) is 17.6 Å². The lowest BCUT2D eigenvalue weighted by atomic mass is 10.0. The van der Waals surface area contributed by atoms with Crippen LogP contribution in [-0.4, -0.2) is 40.3 Å². The zero-order valence-electron chi connectivity index (χ0n) is 19.4. The van der Waals surface area contributed by atoms with Crippen LogP contribution in [0.2, 0.25) is 0 Å². The third-order valence-corrected chi connectivity index (χ3v) is 6.36. The van der Waals surface area contributed by atoms with Gasteiger partial charge in [-0.25, -0.2) is 4.79 Å². The van der Waals surface area contributed by atoms with Gasteiger partial charge in [-0.2, -0.15) is 0 Å². The molecular weight excluding hydrogens is 454 g/mol. The standard InChI is InChI=1S/C26H27NO6S/c1-5-7-20-12-18(14-22-24(28)27(16(3)6-2)26(31)34-22)13-21(32-4)23(20)33-15-17-8-10-19(11-9-17)25(29)30/h5,8-14,16H,1,6-7,15H2,2-4H3,(H,29,30)/b22-14+/t16-/m1/s1. The van der Waals surface area contributed by atoms with Crippen molar-refractivity contribution < 1.29 is 29.0 Å². The van der Waals surface area contributed by atoms with Gasteiger partial charge in [-0.15, -0.1) is 6.58 Å². The summed E-state index contributed by atoms with van der Waals surface area (Å²) in [6, 6.07) is 9.92. The molecule has 0 aromatic heterocycles. The van der Waals surface area contributed by atoms with E-state index in [1.807, 2.05) is 19.9 Å². The van der Waals surface area contributed by atoms with Crippen LogP contribution in [0, 0.1) is 0 Å². The third kappa shape index (κ3) is 5.51. The molecule has 1 aliphatic rings. The number of nitrogens with zero attached hydrogens (tertiary/aromatic N) is 1. The summed E-state index contributed by atoms with van der Waals surface area (Å²) in [6.07, 6.45) is 4.62. The van der Waals surface area contributed by atoms with Crippen LogP contribution < -0.4 is 9.47 Å². The second-order valence-electron chi connectivity index (χ2n) is 7.80. The Morgan fingerprint density at radius 3 is 2.53 bits per heavy atom. The van der Waals surface area contributed by atoms with Crippen LogP contribution in [0.5, 0.6) is 11.5 Å². The van der Waals surface area contributed by atoms with Crippen molar-refractivity contribution in [2.45, 2.75) is 39.3 Å². The summed E-state index contributed by atoms with van der Waals surface area (Å²) in [7, 11) is 1.53. The molecule has 1 fully saturated rings. The molecule has 1 atom stereocenters. The van der Waals surface area contributed by atoms with E-state index < -0.39 is 5.97 Å². The van der Waals surface area contributed by atoms with E-state index in [4.69, 9.17) is 14.6 Å². The van der Waals surface area contributed by atoms with Gasteiger partial charge in [-0.1, -0.05) is 25.1 Å². The van der Waals surface area contributed by atoms with Gasteiger partial charge in [0.2, 0.25) is 0 Å². The monoisotopic (exact) mass is 481 g/mol. The highest BCUT2D eigenvalue weighted by atomic mass is 32.2. The Kier molecular flexibility index (Phi) is 8.17. The van der Waals surface area contributed by atoms with Crippen molar-refractivity contribution in [1.82, 2.24) is 4.90 Å².